The molecule has 2 aliphatic rings. The molecule has 3 aromatic rings. The normalized spacial score (nSPS) is 22.7. The lowest BCUT2D eigenvalue weighted by Crippen LogP contribution is -2.59. The van der Waals surface area contributed by atoms with E-state index in [0.29, 0.717) is 21.7 Å². The Kier molecular flexibility index (Phi) is 6.84. The summed E-state index contributed by atoms with van der Waals surface area (Å²) in [5.74, 6) is -1.71. The minimum Gasteiger partial charge on any atom is -0.479 e. The number of halogens is 3. The summed E-state index contributed by atoms with van der Waals surface area (Å²) in [6.45, 7) is 3.58. The minimum absolute atomic E-state index is 0.0775. The van der Waals surface area contributed by atoms with Gasteiger partial charge in [-0.05, 0) is 42.7 Å². The second-order valence-corrected chi connectivity index (χ2v) is 11.8. The van der Waals surface area contributed by atoms with E-state index in [9.17, 15) is 37.9 Å². The number of nitrogens with one attached hydrogen (secondary N) is 2. The van der Waals surface area contributed by atoms with Crippen LogP contribution in [0.15, 0.2) is 35.3 Å². The summed E-state index contributed by atoms with van der Waals surface area (Å²) in [7, 11) is 0. The number of rotatable bonds is 6. The molecule has 2 atom stereocenters. The summed E-state index contributed by atoms with van der Waals surface area (Å²) >= 11 is 0. The van der Waals surface area contributed by atoms with Crippen molar-refractivity contribution in [2.45, 2.75) is 63.9 Å². The molecule has 2 aliphatic heterocycles. The summed E-state index contributed by atoms with van der Waals surface area (Å²) in [4.78, 5) is 41.1. The highest BCUT2D eigenvalue weighted by molar-refractivity contribution is 5.99. The van der Waals surface area contributed by atoms with Crippen molar-refractivity contribution in [3.05, 3.63) is 51.9 Å². The number of hydrogen-bond donors (Lipinski definition) is 3. The smallest absolute Gasteiger partial charge is 0.406 e. The maximum atomic E-state index is 13.0. The number of aromatic amines is 1. The van der Waals surface area contributed by atoms with Crippen molar-refractivity contribution in [3.63, 3.8) is 0 Å². The number of carbonyl (C=O) groups excluding carboxylic acids is 1. The van der Waals surface area contributed by atoms with E-state index in [1.165, 1.54) is 29.1 Å². The number of ether oxygens (including phenoxy) is 1. The Balaban J connectivity index is 1.52. The van der Waals surface area contributed by atoms with E-state index < -0.39 is 46.7 Å². The Morgan fingerprint density at radius 3 is 2.57 bits per heavy atom. The molecule has 5 rings (SSSR count). The molecular formula is C28H29F3N6O5. The molecule has 1 saturated heterocycles. The van der Waals surface area contributed by atoms with Gasteiger partial charge in [-0.2, -0.15) is 23.5 Å². The van der Waals surface area contributed by atoms with Gasteiger partial charge in [0.25, 0.3) is 11.5 Å². The number of carboxylic acid groups (broad SMARTS) is 1. The quantitative estimate of drug-likeness (QED) is 0.387. The molecule has 4 heterocycles. The standard InChI is InChI=1S/C28H29F3N6O5/c1-25(2,3)27(24(40)41)8-7-26(9-10-32,15-42-27)37-19-6-11-33-22(38)20(19)21(35-37)34-17-4-5-18-16(12-17)13-36(23(18)39)14-28(29,30)31/h4-6,11-12H,7-9,13-15H2,1-3H3,(H,33,38)(H,34,35)(H,40,41). The molecule has 2 unspecified atom stereocenters. The summed E-state index contributed by atoms with van der Waals surface area (Å²) in [6.07, 6.45) is -2.86. The van der Waals surface area contributed by atoms with Crippen LogP contribution < -0.4 is 10.9 Å². The fraction of sp³-hybridized carbons (Fsp3) is 0.464. The van der Waals surface area contributed by atoms with E-state index in [1.54, 1.807) is 26.8 Å². The SMILES string of the molecule is CC(C)(C)C1(C(=O)O)CCC(CC#N)(n2nc(Nc3ccc4c(c3)CN(CC(F)(F)F)C4=O)c3c(=O)[nH]ccc32)CO1. The number of amides is 1. The van der Waals surface area contributed by atoms with Crippen LogP contribution in [0.2, 0.25) is 0 Å². The maximum Gasteiger partial charge on any atom is 0.406 e. The molecule has 11 nitrogen and oxygen atoms in total. The molecule has 0 bridgehead atoms. The molecule has 222 valence electrons. The average Bonchev–Trinajstić information content (AvgIpc) is 3.41. The van der Waals surface area contributed by atoms with Crippen LogP contribution >= 0.6 is 0 Å². The van der Waals surface area contributed by atoms with Crippen LogP contribution in [0.5, 0.6) is 0 Å². The average molecular weight is 587 g/mol. The Morgan fingerprint density at radius 1 is 1.24 bits per heavy atom. The highest BCUT2D eigenvalue weighted by atomic mass is 19.4. The summed E-state index contributed by atoms with van der Waals surface area (Å²) in [5.41, 5.74) is -2.50. The van der Waals surface area contributed by atoms with Gasteiger partial charge in [0, 0.05) is 29.4 Å². The number of nitrogens with zero attached hydrogens (tertiary/aromatic N) is 4. The number of hydrogen-bond acceptors (Lipinski definition) is 7. The van der Waals surface area contributed by atoms with E-state index in [1.807, 2.05) is 0 Å². The lowest BCUT2D eigenvalue weighted by molar-refractivity contribution is -0.206. The van der Waals surface area contributed by atoms with Crippen molar-refractivity contribution < 1.29 is 32.6 Å². The van der Waals surface area contributed by atoms with Gasteiger partial charge >= 0.3 is 12.1 Å². The number of anilines is 2. The Labute approximate surface area is 237 Å². The zero-order chi connectivity index (χ0) is 30.7. The largest absolute Gasteiger partial charge is 0.479 e. The second kappa shape index (κ2) is 9.87. The predicted octanol–water partition coefficient (Wildman–Crippen LogP) is 4.28. The van der Waals surface area contributed by atoms with Crippen LogP contribution in [0.3, 0.4) is 0 Å². The Hall–Kier alpha value is -4.38. The van der Waals surface area contributed by atoms with Crippen LogP contribution in [0, 0.1) is 16.7 Å². The third-order valence-corrected chi connectivity index (χ3v) is 8.16. The second-order valence-electron chi connectivity index (χ2n) is 11.8. The molecule has 1 aromatic carbocycles. The molecule has 0 saturated carbocycles. The van der Waals surface area contributed by atoms with Crippen molar-refractivity contribution >= 4 is 34.3 Å². The van der Waals surface area contributed by atoms with Gasteiger partial charge < -0.3 is 25.0 Å². The van der Waals surface area contributed by atoms with Gasteiger partial charge in [0.05, 0.1) is 30.2 Å². The first kappa shape index (κ1) is 29.1. The number of alkyl halides is 3. The number of carboxylic acids is 1. The first-order chi connectivity index (χ1) is 19.6. The molecule has 42 heavy (non-hydrogen) atoms. The van der Waals surface area contributed by atoms with E-state index in [4.69, 9.17) is 4.74 Å². The lowest BCUT2D eigenvalue weighted by atomic mass is 9.69. The number of nitriles is 1. The Bertz CT molecular complexity index is 1670. The topological polar surface area (TPSA) is 153 Å². The van der Waals surface area contributed by atoms with Crippen molar-refractivity contribution in [2.75, 3.05) is 18.5 Å². The number of fused-ring (bicyclic) bond motifs is 2. The van der Waals surface area contributed by atoms with E-state index in [0.717, 1.165) is 0 Å². The zero-order valence-electron chi connectivity index (χ0n) is 23.1. The Morgan fingerprint density at radius 2 is 1.98 bits per heavy atom. The van der Waals surface area contributed by atoms with Crippen LogP contribution in [-0.4, -0.2) is 61.6 Å². The number of aliphatic carboxylic acids is 1. The number of benzene rings is 1. The van der Waals surface area contributed by atoms with Gasteiger partial charge in [-0.1, -0.05) is 20.8 Å². The summed E-state index contributed by atoms with van der Waals surface area (Å²) in [5, 5.41) is 27.7. The fourth-order valence-electron chi connectivity index (χ4n) is 5.89. The highest BCUT2D eigenvalue weighted by Crippen LogP contribution is 2.47. The van der Waals surface area contributed by atoms with Crippen LogP contribution in [0.4, 0.5) is 24.7 Å². The maximum absolute atomic E-state index is 13.0. The van der Waals surface area contributed by atoms with Crippen molar-refractivity contribution in [2.24, 2.45) is 5.41 Å². The van der Waals surface area contributed by atoms with Gasteiger partial charge in [-0.25, -0.2) is 4.79 Å². The van der Waals surface area contributed by atoms with E-state index in [-0.39, 0.29) is 49.2 Å². The van der Waals surface area contributed by atoms with Crippen molar-refractivity contribution in [1.29, 1.82) is 5.26 Å². The van der Waals surface area contributed by atoms with Crippen molar-refractivity contribution in [1.82, 2.24) is 19.7 Å². The predicted molar refractivity (Wildman–Crippen MR) is 144 cm³/mol. The number of aromatic nitrogens is 3. The summed E-state index contributed by atoms with van der Waals surface area (Å²) in [6, 6.07) is 8.23. The van der Waals surface area contributed by atoms with Gasteiger partial charge in [0.1, 0.15) is 11.9 Å². The molecule has 3 N–H and O–H groups in total. The number of pyridine rings is 1. The third kappa shape index (κ3) is 4.77. The number of H-pyrrole nitrogens is 1. The monoisotopic (exact) mass is 586 g/mol. The third-order valence-electron chi connectivity index (χ3n) is 8.16. The first-order valence-electron chi connectivity index (χ1n) is 13.2. The van der Waals surface area contributed by atoms with Crippen LogP contribution in [0.1, 0.15) is 56.0 Å². The highest BCUT2D eigenvalue weighted by Gasteiger charge is 2.56. The first-order valence-corrected chi connectivity index (χ1v) is 13.2. The van der Waals surface area contributed by atoms with E-state index >= 15 is 0 Å². The van der Waals surface area contributed by atoms with Gasteiger partial charge in [0.15, 0.2) is 11.4 Å². The minimum atomic E-state index is -4.54. The van der Waals surface area contributed by atoms with Gasteiger partial charge in [-0.3, -0.25) is 14.3 Å². The molecule has 0 aliphatic carbocycles. The fourth-order valence-corrected chi connectivity index (χ4v) is 5.89. The van der Waals surface area contributed by atoms with Gasteiger partial charge in [0.2, 0.25) is 0 Å². The molecule has 14 heteroatoms. The molecule has 1 fully saturated rings. The molecule has 0 spiro atoms. The lowest BCUT2D eigenvalue weighted by Gasteiger charge is -2.49. The number of carbonyl (C=O) groups is 2. The molecular weight excluding hydrogens is 557 g/mol. The van der Waals surface area contributed by atoms with Crippen LogP contribution in [0.25, 0.3) is 10.9 Å². The molecule has 1 amide bonds. The molecule has 0 radical (unpaired) electrons. The molecule has 2 aromatic heterocycles. The summed E-state index contributed by atoms with van der Waals surface area (Å²) < 4.78 is 46.4. The zero-order valence-corrected chi connectivity index (χ0v) is 23.1. The van der Waals surface area contributed by atoms with Crippen molar-refractivity contribution in [3.8, 4) is 6.07 Å². The van der Waals surface area contributed by atoms with Crippen LogP contribution in [-0.2, 0) is 21.6 Å². The van der Waals surface area contributed by atoms with E-state index in [2.05, 4.69) is 21.5 Å². The van der Waals surface area contributed by atoms with Gasteiger partial charge in [-0.15, -0.1) is 0 Å².